The van der Waals surface area contributed by atoms with Crippen LogP contribution >= 0.6 is 23.4 Å². The summed E-state index contributed by atoms with van der Waals surface area (Å²) in [4.78, 5) is 12.4. The van der Waals surface area contributed by atoms with E-state index in [-0.39, 0.29) is 5.91 Å². The lowest BCUT2D eigenvalue weighted by Gasteiger charge is -2.03. The second-order valence-electron chi connectivity index (χ2n) is 3.54. The molecule has 1 rings (SSSR count). The largest absolute Gasteiger partial charge is 0.355 e. The topological polar surface area (TPSA) is 55.1 Å². The SMILES string of the molecule is NCCNC(=O)CCCSc1ccc(Cl)cc1. The maximum absolute atomic E-state index is 11.3. The highest BCUT2D eigenvalue weighted by molar-refractivity contribution is 7.99. The van der Waals surface area contributed by atoms with Gasteiger partial charge in [-0.05, 0) is 36.4 Å². The fourth-order valence-electron chi connectivity index (χ4n) is 1.25. The van der Waals surface area contributed by atoms with Crippen LogP contribution in [0, 0.1) is 0 Å². The van der Waals surface area contributed by atoms with E-state index in [9.17, 15) is 4.79 Å². The summed E-state index contributed by atoms with van der Waals surface area (Å²) in [5.74, 6) is 1.00. The van der Waals surface area contributed by atoms with Crippen LogP contribution in [0.15, 0.2) is 29.2 Å². The van der Waals surface area contributed by atoms with Crippen molar-refractivity contribution in [2.45, 2.75) is 17.7 Å². The molecule has 1 amide bonds. The van der Waals surface area contributed by atoms with Gasteiger partial charge in [0, 0.05) is 29.4 Å². The first-order chi connectivity index (χ1) is 8.22. The quantitative estimate of drug-likeness (QED) is 0.591. The molecule has 0 aromatic heterocycles. The van der Waals surface area contributed by atoms with Gasteiger partial charge in [-0.15, -0.1) is 11.8 Å². The van der Waals surface area contributed by atoms with Gasteiger partial charge < -0.3 is 11.1 Å². The number of hydrogen-bond donors (Lipinski definition) is 2. The second kappa shape index (κ2) is 8.39. The minimum atomic E-state index is 0.0761. The molecule has 0 saturated carbocycles. The van der Waals surface area contributed by atoms with Gasteiger partial charge in [0.25, 0.3) is 0 Å². The lowest BCUT2D eigenvalue weighted by Crippen LogP contribution is -2.28. The van der Waals surface area contributed by atoms with Crippen LogP contribution in [0.1, 0.15) is 12.8 Å². The van der Waals surface area contributed by atoms with Crippen molar-refractivity contribution >= 4 is 29.3 Å². The number of nitrogens with two attached hydrogens (primary N) is 1. The number of carbonyl (C=O) groups excluding carboxylic acids is 1. The van der Waals surface area contributed by atoms with Crippen molar-refractivity contribution in [3.8, 4) is 0 Å². The van der Waals surface area contributed by atoms with E-state index >= 15 is 0 Å². The zero-order valence-corrected chi connectivity index (χ0v) is 11.2. The number of benzene rings is 1. The second-order valence-corrected chi connectivity index (χ2v) is 5.15. The summed E-state index contributed by atoms with van der Waals surface area (Å²) in [6.07, 6.45) is 1.42. The van der Waals surface area contributed by atoms with Crippen molar-refractivity contribution in [3.05, 3.63) is 29.3 Å². The molecule has 0 aliphatic heterocycles. The molecule has 1 aromatic rings. The van der Waals surface area contributed by atoms with E-state index in [4.69, 9.17) is 17.3 Å². The first-order valence-corrected chi connectivity index (χ1v) is 6.94. The summed E-state index contributed by atoms with van der Waals surface area (Å²) in [6, 6.07) is 7.72. The lowest BCUT2D eigenvalue weighted by atomic mass is 10.3. The maximum atomic E-state index is 11.3. The number of thioether (sulfide) groups is 1. The van der Waals surface area contributed by atoms with E-state index in [2.05, 4.69) is 5.32 Å². The van der Waals surface area contributed by atoms with Crippen LogP contribution in [-0.2, 0) is 4.79 Å². The first-order valence-electron chi connectivity index (χ1n) is 5.57. The van der Waals surface area contributed by atoms with Crippen LogP contribution in [0.3, 0.4) is 0 Å². The van der Waals surface area contributed by atoms with Crippen molar-refractivity contribution in [1.82, 2.24) is 5.32 Å². The summed E-state index contributed by atoms with van der Waals surface area (Å²) in [6.45, 7) is 1.05. The molecule has 94 valence electrons. The molecule has 3 N–H and O–H groups in total. The molecule has 0 unspecified atom stereocenters. The van der Waals surface area contributed by atoms with Crippen molar-refractivity contribution in [2.24, 2.45) is 5.73 Å². The number of rotatable bonds is 7. The number of carbonyl (C=O) groups is 1. The fraction of sp³-hybridized carbons (Fsp3) is 0.417. The van der Waals surface area contributed by atoms with Crippen molar-refractivity contribution < 1.29 is 4.79 Å². The normalized spacial score (nSPS) is 10.2. The first kappa shape index (κ1) is 14.4. The summed E-state index contributed by atoms with van der Waals surface area (Å²) in [5, 5.41) is 3.49. The molecule has 0 radical (unpaired) electrons. The zero-order valence-electron chi connectivity index (χ0n) is 9.62. The minimum Gasteiger partial charge on any atom is -0.355 e. The summed E-state index contributed by atoms with van der Waals surface area (Å²) >= 11 is 7.52. The van der Waals surface area contributed by atoms with Gasteiger partial charge in [0.1, 0.15) is 0 Å². The summed E-state index contributed by atoms with van der Waals surface area (Å²) < 4.78 is 0. The van der Waals surface area contributed by atoms with Crippen molar-refractivity contribution in [2.75, 3.05) is 18.8 Å². The highest BCUT2D eigenvalue weighted by Crippen LogP contribution is 2.21. The van der Waals surface area contributed by atoms with Gasteiger partial charge in [0.15, 0.2) is 0 Å². The smallest absolute Gasteiger partial charge is 0.220 e. The number of halogens is 1. The van der Waals surface area contributed by atoms with Gasteiger partial charge in [-0.3, -0.25) is 4.79 Å². The van der Waals surface area contributed by atoms with Gasteiger partial charge >= 0.3 is 0 Å². The third-order valence-corrected chi connectivity index (χ3v) is 3.45. The molecule has 0 heterocycles. The monoisotopic (exact) mass is 272 g/mol. The van der Waals surface area contributed by atoms with E-state index in [0.29, 0.717) is 19.5 Å². The van der Waals surface area contributed by atoms with Gasteiger partial charge in [-0.1, -0.05) is 11.6 Å². The molecule has 0 aliphatic rings. The van der Waals surface area contributed by atoms with Crippen LogP contribution in [-0.4, -0.2) is 24.7 Å². The molecule has 0 aliphatic carbocycles. The zero-order chi connectivity index (χ0) is 12.5. The number of hydrogen-bond acceptors (Lipinski definition) is 3. The standard InChI is InChI=1S/C12H17ClN2OS/c13-10-3-5-11(6-4-10)17-9-1-2-12(16)15-8-7-14/h3-6H,1-2,7-9,14H2,(H,15,16). The van der Waals surface area contributed by atoms with Crippen LogP contribution in [0.2, 0.25) is 5.02 Å². The van der Waals surface area contributed by atoms with Gasteiger partial charge in [0.05, 0.1) is 0 Å². The van der Waals surface area contributed by atoms with E-state index in [0.717, 1.165) is 17.2 Å². The Morgan fingerprint density at radius 1 is 1.35 bits per heavy atom. The molecule has 0 bridgehead atoms. The summed E-state index contributed by atoms with van der Waals surface area (Å²) in [5.41, 5.74) is 5.29. The molecule has 0 saturated heterocycles. The maximum Gasteiger partial charge on any atom is 0.220 e. The average Bonchev–Trinajstić information content (AvgIpc) is 2.34. The highest BCUT2D eigenvalue weighted by atomic mass is 35.5. The Kier molecular flexibility index (Phi) is 7.08. The predicted molar refractivity (Wildman–Crippen MR) is 73.5 cm³/mol. The van der Waals surface area contributed by atoms with E-state index < -0.39 is 0 Å². The van der Waals surface area contributed by atoms with Crippen LogP contribution in [0.4, 0.5) is 0 Å². The number of nitrogens with one attached hydrogen (secondary N) is 1. The molecule has 17 heavy (non-hydrogen) atoms. The highest BCUT2D eigenvalue weighted by Gasteiger charge is 2.00. The number of amides is 1. The molecule has 0 atom stereocenters. The molecule has 0 fully saturated rings. The predicted octanol–water partition coefficient (Wildman–Crippen LogP) is 2.29. The minimum absolute atomic E-state index is 0.0761. The Morgan fingerprint density at radius 2 is 2.06 bits per heavy atom. The third-order valence-electron chi connectivity index (χ3n) is 2.10. The van der Waals surface area contributed by atoms with E-state index in [1.165, 1.54) is 4.90 Å². The van der Waals surface area contributed by atoms with Crippen LogP contribution in [0.5, 0.6) is 0 Å². The van der Waals surface area contributed by atoms with E-state index in [1.54, 1.807) is 11.8 Å². The fourth-order valence-corrected chi connectivity index (χ4v) is 2.23. The Hall–Kier alpha value is -0.710. The molecular weight excluding hydrogens is 256 g/mol. The Labute approximate surface area is 111 Å². The van der Waals surface area contributed by atoms with Crippen molar-refractivity contribution in [3.63, 3.8) is 0 Å². The van der Waals surface area contributed by atoms with Gasteiger partial charge in [-0.25, -0.2) is 0 Å². The summed E-state index contributed by atoms with van der Waals surface area (Å²) in [7, 11) is 0. The third kappa shape index (κ3) is 6.56. The molecule has 5 heteroatoms. The molecular formula is C12H17ClN2OS. The van der Waals surface area contributed by atoms with Gasteiger partial charge in [-0.2, -0.15) is 0 Å². The van der Waals surface area contributed by atoms with Crippen molar-refractivity contribution in [1.29, 1.82) is 0 Å². The Morgan fingerprint density at radius 3 is 2.71 bits per heavy atom. The van der Waals surface area contributed by atoms with E-state index in [1.807, 2.05) is 24.3 Å². The lowest BCUT2D eigenvalue weighted by molar-refractivity contribution is -0.121. The van der Waals surface area contributed by atoms with Crippen LogP contribution in [0.25, 0.3) is 0 Å². The Bertz CT molecular complexity index is 343. The average molecular weight is 273 g/mol. The molecule has 0 spiro atoms. The van der Waals surface area contributed by atoms with Gasteiger partial charge in [0.2, 0.25) is 5.91 Å². The Balaban J connectivity index is 2.11. The molecule has 3 nitrogen and oxygen atoms in total. The molecule has 1 aromatic carbocycles. The van der Waals surface area contributed by atoms with Crippen LogP contribution < -0.4 is 11.1 Å².